The van der Waals surface area contributed by atoms with Crippen molar-refractivity contribution in [3.8, 4) is 0 Å². The molecule has 0 aromatic carbocycles. The molecule has 0 saturated carbocycles. The minimum absolute atomic E-state index is 0.708. The molecule has 0 spiro atoms. The molecule has 0 radical (unpaired) electrons. The zero-order chi connectivity index (χ0) is 11.6. The normalized spacial score (nSPS) is 19.9. The van der Waals surface area contributed by atoms with E-state index in [0.29, 0.717) is 6.04 Å². The SMILES string of the molecule is CC.CC.CC(C)CC1C=CCN1C. The van der Waals surface area contributed by atoms with E-state index in [1.807, 2.05) is 27.7 Å². The summed E-state index contributed by atoms with van der Waals surface area (Å²) in [5.74, 6) is 0.815. The molecule has 0 aromatic rings. The Labute approximate surface area is 91.2 Å². The molecule has 1 heterocycles. The van der Waals surface area contributed by atoms with Crippen LogP contribution < -0.4 is 0 Å². The molecule has 0 N–H and O–H groups in total. The molecule has 1 nitrogen and oxygen atoms in total. The van der Waals surface area contributed by atoms with Gasteiger partial charge < -0.3 is 0 Å². The highest BCUT2D eigenvalue weighted by atomic mass is 15.1. The minimum Gasteiger partial charge on any atom is -0.296 e. The third-order valence-corrected chi connectivity index (χ3v) is 2.03. The average molecular weight is 199 g/mol. The van der Waals surface area contributed by atoms with Crippen molar-refractivity contribution in [2.45, 2.75) is 54.0 Å². The van der Waals surface area contributed by atoms with Gasteiger partial charge in [-0.15, -0.1) is 0 Å². The summed E-state index contributed by atoms with van der Waals surface area (Å²) in [7, 11) is 2.19. The Bertz CT molecular complexity index is 127. The lowest BCUT2D eigenvalue weighted by Gasteiger charge is -2.20. The number of rotatable bonds is 2. The number of hydrogen-bond donors (Lipinski definition) is 0. The van der Waals surface area contributed by atoms with E-state index in [0.717, 1.165) is 12.5 Å². The molecule has 0 aliphatic carbocycles. The Morgan fingerprint density at radius 1 is 1.21 bits per heavy atom. The molecule has 0 saturated heterocycles. The molecule has 0 aromatic heterocycles. The quantitative estimate of drug-likeness (QED) is 0.609. The van der Waals surface area contributed by atoms with Gasteiger partial charge in [-0.1, -0.05) is 53.7 Å². The molecule has 0 bridgehead atoms. The zero-order valence-electron chi connectivity index (χ0n) is 11.2. The molecule has 0 amide bonds. The molecular formula is C13H29N. The van der Waals surface area contributed by atoms with Crippen LogP contribution in [0.25, 0.3) is 0 Å². The van der Waals surface area contributed by atoms with Gasteiger partial charge in [0.25, 0.3) is 0 Å². The smallest absolute Gasteiger partial charge is 0.0281 e. The van der Waals surface area contributed by atoms with Crippen LogP contribution in [0.1, 0.15) is 48.0 Å². The predicted molar refractivity (Wildman–Crippen MR) is 67.7 cm³/mol. The summed E-state index contributed by atoms with van der Waals surface area (Å²) in [6.45, 7) is 13.7. The highest BCUT2D eigenvalue weighted by Gasteiger charge is 2.15. The van der Waals surface area contributed by atoms with Crippen LogP contribution in [-0.4, -0.2) is 24.5 Å². The Morgan fingerprint density at radius 2 is 1.71 bits per heavy atom. The van der Waals surface area contributed by atoms with Crippen LogP contribution in [0.3, 0.4) is 0 Å². The summed E-state index contributed by atoms with van der Waals surface area (Å²) in [4.78, 5) is 2.39. The van der Waals surface area contributed by atoms with E-state index in [1.165, 1.54) is 6.42 Å². The van der Waals surface area contributed by atoms with Crippen LogP contribution in [-0.2, 0) is 0 Å². The summed E-state index contributed by atoms with van der Waals surface area (Å²) in [6.07, 6.45) is 5.88. The highest BCUT2D eigenvalue weighted by molar-refractivity contribution is 5.02. The van der Waals surface area contributed by atoms with Gasteiger partial charge in [0, 0.05) is 12.6 Å². The fraction of sp³-hybridized carbons (Fsp3) is 0.846. The first-order valence-corrected chi connectivity index (χ1v) is 6.07. The van der Waals surface area contributed by atoms with Crippen LogP contribution in [0, 0.1) is 5.92 Å². The van der Waals surface area contributed by atoms with Crippen LogP contribution in [0.2, 0.25) is 0 Å². The van der Waals surface area contributed by atoms with Crippen LogP contribution in [0.4, 0.5) is 0 Å². The van der Waals surface area contributed by atoms with Gasteiger partial charge in [0.15, 0.2) is 0 Å². The molecule has 1 unspecified atom stereocenters. The fourth-order valence-electron chi connectivity index (χ4n) is 1.41. The van der Waals surface area contributed by atoms with Crippen molar-refractivity contribution in [2.75, 3.05) is 13.6 Å². The Hall–Kier alpha value is -0.300. The van der Waals surface area contributed by atoms with E-state index in [9.17, 15) is 0 Å². The van der Waals surface area contributed by atoms with Gasteiger partial charge in [-0.25, -0.2) is 0 Å². The monoisotopic (exact) mass is 199 g/mol. The second-order valence-electron chi connectivity index (χ2n) is 3.56. The summed E-state index contributed by atoms with van der Waals surface area (Å²) in [5, 5.41) is 0. The van der Waals surface area contributed by atoms with E-state index in [4.69, 9.17) is 0 Å². The Balaban J connectivity index is 0. The predicted octanol–water partition coefficient (Wildman–Crippen LogP) is 3.96. The molecule has 14 heavy (non-hydrogen) atoms. The maximum Gasteiger partial charge on any atom is 0.0281 e. The molecule has 1 aliphatic heterocycles. The van der Waals surface area contributed by atoms with Crippen molar-refractivity contribution in [1.29, 1.82) is 0 Å². The lowest BCUT2D eigenvalue weighted by atomic mass is 10.0. The maximum atomic E-state index is 2.39. The van der Waals surface area contributed by atoms with Crippen molar-refractivity contribution in [3.63, 3.8) is 0 Å². The number of hydrogen-bond acceptors (Lipinski definition) is 1. The Morgan fingerprint density at radius 3 is 2.00 bits per heavy atom. The molecule has 1 rings (SSSR count). The molecule has 1 atom stereocenters. The first-order chi connectivity index (χ1) is 6.70. The molecule has 1 heteroatoms. The van der Waals surface area contributed by atoms with E-state index in [1.54, 1.807) is 0 Å². The van der Waals surface area contributed by atoms with Crippen molar-refractivity contribution in [1.82, 2.24) is 4.90 Å². The highest BCUT2D eigenvalue weighted by Crippen LogP contribution is 2.15. The second kappa shape index (κ2) is 10.8. The summed E-state index contributed by atoms with van der Waals surface area (Å²) in [5.41, 5.74) is 0. The summed E-state index contributed by atoms with van der Waals surface area (Å²) < 4.78 is 0. The lowest BCUT2D eigenvalue weighted by Crippen LogP contribution is -2.26. The largest absolute Gasteiger partial charge is 0.296 e. The van der Waals surface area contributed by atoms with Gasteiger partial charge >= 0.3 is 0 Å². The van der Waals surface area contributed by atoms with Crippen LogP contribution in [0.5, 0.6) is 0 Å². The van der Waals surface area contributed by atoms with Crippen LogP contribution >= 0.6 is 0 Å². The Kier molecular flexibility index (Phi) is 12.4. The first kappa shape index (κ1) is 16.1. The first-order valence-electron chi connectivity index (χ1n) is 6.07. The van der Waals surface area contributed by atoms with Crippen molar-refractivity contribution in [3.05, 3.63) is 12.2 Å². The van der Waals surface area contributed by atoms with Gasteiger partial charge in [0.1, 0.15) is 0 Å². The van der Waals surface area contributed by atoms with E-state index in [2.05, 4.69) is 37.9 Å². The third-order valence-electron chi connectivity index (χ3n) is 2.03. The minimum atomic E-state index is 0.708. The van der Waals surface area contributed by atoms with Gasteiger partial charge in [-0.3, -0.25) is 4.90 Å². The fourth-order valence-corrected chi connectivity index (χ4v) is 1.41. The molecule has 86 valence electrons. The van der Waals surface area contributed by atoms with Crippen LogP contribution in [0.15, 0.2) is 12.2 Å². The standard InChI is InChI=1S/C9H17N.2C2H6/c1-8(2)7-9-5-4-6-10(9)3;2*1-2/h4-5,8-9H,6-7H2,1-3H3;2*1-2H3. The maximum absolute atomic E-state index is 2.39. The van der Waals surface area contributed by atoms with Gasteiger partial charge in [0.2, 0.25) is 0 Å². The van der Waals surface area contributed by atoms with Gasteiger partial charge in [0.05, 0.1) is 0 Å². The molecule has 1 aliphatic rings. The van der Waals surface area contributed by atoms with E-state index in [-0.39, 0.29) is 0 Å². The lowest BCUT2D eigenvalue weighted by molar-refractivity contribution is 0.295. The topological polar surface area (TPSA) is 3.24 Å². The van der Waals surface area contributed by atoms with E-state index >= 15 is 0 Å². The average Bonchev–Trinajstić information content (AvgIpc) is 2.58. The third kappa shape index (κ3) is 7.14. The molecule has 0 fully saturated rings. The van der Waals surface area contributed by atoms with E-state index < -0.39 is 0 Å². The van der Waals surface area contributed by atoms with Crippen molar-refractivity contribution in [2.24, 2.45) is 5.92 Å². The van der Waals surface area contributed by atoms with Crippen molar-refractivity contribution < 1.29 is 0 Å². The summed E-state index contributed by atoms with van der Waals surface area (Å²) >= 11 is 0. The molecular weight excluding hydrogens is 170 g/mol. The summed E-state index contributed by atoms with van der Waals surface area (Å²) in [6, 6.07) is 0.708. The number of nitrogens with zero attached hydrogens (tertiary/aromatic N) is 1. The second-order valence-corrected chi connectivity index (χ2v) is 3.56. The van der Waals surface area contributed by atoms with Crippen molar-refractivity contribution >= 4 is 0 Å². The number of likely N-dealkylation sites (N-methyl/N-ethyl adjacent to an activating group) is 1. The van der Waals surface area contributed by atoms with Gasteiger partial charge in [-0.2, -0.15) is 0 Å². The van der Waals surface area contributed by atoms with Gasteiger partial charge in [-0.05, 0) is 19.4 Å². The zero-order valence-corrected chi connectivity index (χ0v) is 11.2.